The van der Waals surface area contributed by atoms with Gasteiger partial charge in [-0.05, 0) is 6.92 Å². The lowest BCUT2D eigenvalue weighted by Gasteiger charge is -2.02. The van der Waals surface area contributed by atoms with Crippen molar-refractivity contribution in [3.8, 4) is 0 Å². The van der Waals surface area contributed by atoms with E-state index in [-0.39, 0.29) is 12.5 Å². The van der Waals surface area contributed by atoms with E-state index >= 15 is 0 Å². The summed E-state index contributed by atoms with van der Waals surface area (Å²) in [5.41, 5.74) is 0.913. The van der Waals surface area contributed by atoms with Gasteiger partial charge in [-0.25, -0.2) is 9.78 Å². The van der Waals surface area contributed by atoms with Gasteiger partial charge in [-0.3, -0.25) is 4.79 Å². The zero-order valence-electron chi connectivity index (χ0n) is 8.73. The van der Waals surface area contributed by atoms with Crippen molar-refractivity contribution in [2.45, 2.75) is 13.5 Å². The second-order valence-electron chi connectivity index (χ2n) is 3.05. The zero-order valence-corrected chi connectivity index (χ0v) is 9.54. The first-order valence-electron chi connectivity index (χ1n) is 4.55. The Morgan fingerprint density at radius 1 is 1.56 bits per heavy atom. The van der Waals surface area contributed by atoms with E-state index in [9.17, 15) is 9.59 Å². The van der Waals surface area contributed by atoms with E-state index < -0.39 is 12.6 Å². The maximum atomic E-state index is 11.2. The minimum atomic E-state index is -1.09. The number of aryl methyl sites for hydroxylation is 1. The van der Waals surface area contributed by atoms with Crippen LogP contribution in [0, 0.1) is 6.92 Å². The molecule has 0 fully saturated rings. The summed E-state index contributed by atoms with van der Waals surface area (Å²) in [5, 5.41) is 13.5. The maximum Gasteiger partial charge on any atom is 0.329 e. The van der Waals surface area contributed by atoms with Crippen LogP contribution in [0.1, 0.15) is 10.7 Å². The third-order valence-electron chi connectivity index (χ3n) is 1.56. The third-order valence-corrected chi connectivity index (χ3v) is 2.53. The molecule has 0 unspecified atom stereocenters. The van der Waals surface area contributed by atoms with Crippen LogP contribution in [0.5, 0.6) is 0 Å². The highest BCUT2D eigenvalue weighted by Gasteiger charge is 2.05. The number of aromatic nitrogens is 1. The molecule has 0 radical (unpaired) electrons. The Morgan fingerprint density at radius 2 is 2.31 bits per heavy atom. The number of amides is 1. The second-order valence-corrected chi connectivity index (χ2v) is 3.99. The number of nitrogens with one attached hydrogen (secondary N) is 1. The summed E-state index contributed by atoms with van der Waals surface area (Å²) in [6, 6.07) is 0. The van der Waals surface area contributed by atoms with Crippen molar-refractivity contribution >= 4 is 23.2 Å². The maximum absolute atomic E-state index is 11.2. The predicted octanol–water partition coefficient (Wildman–Crippen LogP) is 0.169. The second kappa shape index (κ2) is 6.19. The highest BCUT2D eigenvalue weighted by Crippen LogP contribution is 2.07. The highest BCUT2D eigenvalue weighted by molar-refractivity contribution is 7.09. The minimum absolute atomic E-state index is 0.253. The summed E-state index contributed by atoms with van der Waals surface area (Å²) in [6.07, 6.45) is 0. The van der Waals surface area contributed by atoms with E-state index in [4.69, 9.17) is 5.11 Å². The summed E-state index contributed by atoms with van der Waals surface area (Å²) < 4.78 is 4.62. The van der Waals surface area contributed by atoms with Crippen molar-refractivity contribution in [3.05, 3.63) is 16.1 Å². The van der Waals surface area contributed by atoms with Crippen molar-refractivity contribution in [2.75, 3.05) is 13.2 Å². The Labute approximate surface area is 96.3 Å². The fraction of sp³-hybridized carbons (Fsp3) is 0.444. The van der Waals surface area contributed by atoms with Crippen molar-refractivity contribution in [3.63, 3.8) is 0 Å². The molecular formula is C9H12N2O4S. The van der Waals surface area contributed by atoms with Gasteiger partial charge in [0, 0.05) is 11.1 Å². The van der Waals surface area contributed by atoms with Gasteiger partial charge < -0.3 is 15.2 Å². The summed E-state index contributed by atoms with van der Waals surface area (Å²) in [5.74, 6) is -1.45. The van der Waals surface area contributed by atoms with Crippen LogP contribution in [0.15, 0.2) is 5.38 Å². The smallest absolute Gasteiger partial charge is 0.329 e. The molecule has 0 spiro atoms. The molecule has 0 aliphatic heterocycles. The number of carbonyl (C=O) groups is 2. The summed E-state index contributed by atoms with van der Waals surface area (Å²) in [6.45, 7) is 1.49. The third kappa shape index (κ3) is 4.85. The molecule has 6 nitrogen and oxygen atoms in total. The predicted molar refractivity (Wildman–Crippen MR) is 57.2 cm³/mol. The number of hydrogen-bond acceptors (Lipinski definition) is 5. The van der Waals surface area contributed by atoms with Crippen molar-refractivity contribution in [1.29, 1.82) is 0 Å². The molecule has 1 aromatic rings. The molecule has 0 aliphatic rings. The minimum Gasteiger partial charge on any atom is -0.480 e. The molecule has 88 valence electrons. The number of rotatable bonds is 6. The molecule has 1 heterocycles. The first-order valence-corrected chi connectivity index (χ1v) is 5.43. The lowest BCUT2D eigenvalue weighted by atomic mass is 10.5. The molecule has 1 aromatic heterocycles. The molecule has 0 saturated heterocycles. The summed E-state index contributed by atoms with van der Waals surface area (Å²) >= 11 is 1.46. The van der Waals surface area contributed by atoms with Gasteiger partial charge in [-0.15, -0.1) is 11.3 Å². The average molecular weight is 244 g/mol. The highest BCUT2D eigenvalue weighted by atomic mass is 32.1. The fourth-order valence-electron chi connectivity index (χ4n) is 0.940. The van der Waals surface area contributed by atoms with Crippen LogP contribution in [0.4, 0.5) is 0 Å². The van der Waals surface area contributed by atoms with Crippen LogP contribution < -0.4 is 5.32 Å². The topological polar surface area (TPSA) is 88.5 Å². The normalized spacial score (nSPS) is 10.1. The number of thiazole rings is 1. The van der Waals surface area contributed by atoms with Crippen LogP contribution in [0.3, 0.4) is 0 Å². The van der Waals surface area contributed by atoms with Gasteiger partial charge in [0.1, 0.15) is 18.2 Å². The molecule has 1 amide bonds. The number of carboxylic acid groups (broad SMARTS) is 1. The SMILES string of the molecule is Cc1csc(CNC(=O)COCC(=O)O)n1. The van der Waals surface area contributed by atoms with Crippen molar-refractivity contribution in [1.82, 2.24) is 10.3 Å². The van der Waals surface area contributed by atoms with E-state index in [0.29, 0.717) is 6.54 Å². The number of aliphatic carboxylic acids is 1. The summed E-state index contributed by atoms with van der Waals surface area (Å²) in [7, 11) is 0. The molecule has 1 rings (SSSR count). The molecule has 0 aromatic carbocycles. The summed E-state index contributed by atoms with van der Waals surface area (Å²) in [4.78, 5) is 25.4. The molecular weight excluding hydrogens is 232 g/mol. The number of nitrogens with zero attached hydrogens (tertiary/aromatic N) is 1. The molecule has 0 bridgehead atoms. The van der Waals surface area contributed by atoms with E-state index in [1.165, 1.54) is 11.3 Å². The Bertz CT molecular complexity index is 377. The Kier molecular flexibility index (Phi) is 4.87. The fourth-order valence-corrected chi connectivity index (χ4v) is 1.65. The van der Waals surface area contributed by atoms with Gasteiger partial charge in [0.15, 0.2) is 0 Å². The molecule has 0 saturated carbocycles. The lowest BCUT2D eigenvalue weighted by molar-refractivity contribution is -0.143. The Morgan fingerprint density at radius 3 is 2.88 bits per heavy atom. The number of ether oxygens (including phenoxy) is 1. The van der Waals surface area contributed by atoms with E-state index in [2.05, 4.69) is 15.0 Å². The van der Waals surface area contributed by atoms with Crippen LogP contribution in [0.25, 0.3) is 0 Å². The first kappa shape index (κ1) is 12.6. The molecule has 0 aliphatic carbocycles. The number of carbonyl (C=O) groups excluding carboxylic acids is 1. The number of hydrogen-bond donors (Lipinski definition) is 2. The van der Waals surface area contributed by atoms with Crippen LogP contribution >= 0.6 is 11.3 Å². The van der Waals surface area contributed by atoms with Gasteiger partial charge in [0.05, 0.1) is 6.54 Å². The lowest BCUT2D eigenvalue weighted by Crippen LogP contribution is -2.28. The average Bonchev–Trinajstić information content (AvgIpc) is 2.61. The van der Waals surface area contributed by atoms with E-state index in [0.717, 1.165) is 10.7 Å². The molecule has 2 N–H and O–H groups in total. The van der Waals surface area contributed by atoms with Gasteiger partial charge in [0.2, 0.25) is 5.91 Å². The van der Waals surface area contributed by atoms with E-state index in [1.54, 1.807) is 0 Å². The molecule has 7 heteroatoms. The Balaban J connectivity index is 2.17. The van der Waals surface area contributed by atoms with Crippen LogP contribution in [-0.2, 0) is 20.9 Å². The van der Waals surface area contributed by atoms with Gasteiger partial charge in [0.25, 0.3) is 0 Å². The first-order chi connectivity index (χ1) is 7.58. The van der Waals surface area contributed by atoms with Gasteiger partial charge in [-0.1, -0.05) is 0 Å². The standard InChI is InChI=1S/C9H12N2O4S/c1-6-5-16-8(11-6)2-10-7(12)3-15-4-9(13)14/h5H,2-4H2,1H3,(H,10,12)(H,13,14). The largest absolute Gasteiger partial charge is 0.480 e. The van der Waals surface area contributed by atoms with Crippen molar-refractivity contribution in [2.24, 2.45) is 0 Å². The zero-order chi connectivity index (χ0) is 12.0. The number of carboxylic acids is 1. The quantitative estimate of drug-likeness (QED) is 0.744. The van der Waals surface area contributed by atoms with Crippen LogP contribution in [-0.4, -0.2) is 35.2 Å². The van der Waals surface area contributed by atoms with E-state index in [1.807, 2.05) is 12.3 Å². The van der Waals surface area contributed by atoms with Gasteiger partial charge in [-0.2, -0.15) is 0 Å². The Hall–Kier alpha value is -1.47. The van der Waals surface area contributed by atoms with Crippen LogP contribution in [0.2, 0.25) is 0 Å². The molecule has 0 atom stereocenters. The monoisotopic (exact) mass is 244 g/mol. The molecule has 16 heavy (non-hydrogen) atoms. The van der Waals surface area contributed by atoms with Gasteiger partial charge >= 0.3 is 5.97 Å². The van der Waals surface area contributed by atoms with Crippen molar-refractivity contribution < 1.29 is 19.4 Å².